The van der Waals surface area contributed by atoms with E-state index in [0.717, 1.165) is 42.9 Å². The second-order valence-electron chi connectivity index (χ2n) is 11.2. The highest BCUT2D eigenvalue weighted by Crippen LogP contribution is 2.66. The van der Waals surface area contributed by atoms with Crippen molar-refractivity contribution in [3.63, 3.8) is 0 Å². The van der Waals surface area contributed by atoms with Crippen molar-refractivity contribution in [2.24, 2.45) is 11.3 Å². The van der Waals surface area contributed by atoms with E-state index in [9.17, 15) is 9.90 Å². The summed E-state index contributed by atoms with van der Waals surface area (Å²) < 4.78 is 0. The lowest BCUT2D eigenvalue weighted by Gasteiger charge is -2.70. The van der Waals surface area contributed by atoms with Crippen LogP contribution in [0.4, 0.5) is 5.82 Å². The lowest BCUT2D eigenvalue weighted by molar-refractivity contribution is -0.172. The molecule has 2 aromatic rings. The summed E-state index contributed by atoms with van der Waals surface area (Å²) in [6, 6.07) is 11.3. The Morgan fingerprint density at radius 2 is 1.97 bits per heavy atom. The van der Waals surface area contributed by atoms with Crippen molar-refractivity contribution >= 4 is 11.7 Å². The molecular weight excluding hydrogens is 400 g/mol. The summed E-state index contributed by atoms with van der Waals surface area (Å²) in [5, 5.41) is 12.6. The molecule has 1 aliphatic heterocycles. The number of anilines is 1. The minimum absolute atomic E-state index is 0.0479. The zero-order chi connectivity index (χ0) is 22.3. The molecule has 2 atom stereocenters. The third kappa shape index (κ3) is 2.85. The third-order valence-corrected chi connectivity index (χ3v) is 8.71. The van der Waals surface area contributed by atoms with Gasteiger partial charge >= 0.3 is 0 Å². The SMILES string of the molecule is CC(C)N1C[C@H]2C[C@@]2(c2ccc(-c3cnc(N)c(C(=O)NC45CC(CO)(C4)C5)c3)cc2)C1. The molecule has 4 N–H and O–H groups in total. The summed E-state index contributed by atoms with van der Waals surface area (Å²) in [4.78, 5) is 19.8. The molecule has 1 amide bonds. The zero-order valence-corrected chi connectivity index (χ0v) is 18.9. The number of nitrogens with two attached hydrogens (primary N) is 1. The van der Waals surface area contributed by atoms with Crippen LogP contribution < -0.4 is 11.1 Å². The largest absolute Gasteiger partial charge is 0.396 e. The van der Waals surface area contributed by atoms with Crippen molar-refractivity contribution in [1.29, 1.82) is 0 Å². The maximum atomic E-state index is 12.9. The van der Waals surface area contributed by atoms with Crippen LogP contribution in [-0.2, 0) is 5.41 Å². The fourth-order valence-corrected chi connectivity index (χ4v) is 6.78. The number of aliphatic hydroxyl groups is 1. The number of nitrogens with one attached hydrogen (secondary N) is 1. The van der Waals surface area contributed by atoms with Crippen molar-refractivity contribution < 1.29 is 9.90 Å². The zero-order valence-electron chi connectivity index (χ0n) is 18.9. The van der Waals surface area contributed by atoms with Gasteiger partial charge in [0, 0.05) is 53.9 Å². The standard InChI is InChI=1S/C26H32N4O2/c1-16(2)30-10-20-8-26(20,14-30)19-5-3-17(4-6-19)18-7-21(22(27)28-9-18)23(32)29-25-11-24(12-25,13-25)15-31/h3-7,9,16,20,31H,8,10-15H2,1-2H3,(H2,27,28)(H,29,32)/t20-,24?,25?,26+/m1/s1. The highest BCUT2D eigenvalue weighted by molar-refractivity contribution is 6.00. The second kappa shape index (κ2) is 6.55. The van der Waals surface area contributed by atoms with Gasteiger partial charge < -0.3 is 16.2 Å². The van der Waals surface area contributed by atoms with E-state index in [4.69, 9.17) is 5.73 Å². The minimum Gasteiger partial charge on any atom is -0.396 e. The first-order valence-electron chi connectivity index (χ1n) is 11.8. The first-order valence-corrected chi connectivity index (χ1v) is 11.8. The minimum atomic E-state index is -0.167. The van der Waals surface area contributed by atoms with E-state index < -0.39 is 0 Å². The molecule has 168 valence electrons. The van der Waals surface area contributed by atoms with E-state index >= 15 is 0 Å². The third-order valence-electron chi connectivity index (χ3n) is 8.71. The van der Waals surface area contributed by atoms with Crippen LogP contribution in [0.3, 0.4) is 0 Å². The van der Waals surface area contributed by atoms with E-state index in [2.05, 4.69) is 53.3 Å². The molecule has 0 unspecified atom stereocenters. The molecular formula is C26H32N4O2. The molecule has 0 radical (unpaired) electrons. The molecule has 4 aliphatic carbocycles. The van der Waals surface area contributed by atoms with Gasteiger partial charge in [-0.3, -0.25) is 9.69 Å². The summed E-state index contributed by atoms with van der Waals surface area (Å²) in [6.45, 7) is 7.13. The number of nitrogens with zero attached hydrogens (tertiary/aromatic N) is 2. The van der Waals surface area contributed by atoms with E-state index in [1.54, 1.807) is 6.20 Å². The van der Waals surface area contributed by atoms with Gasteiger partial charge in [-0.25, -0.2) is 4.98 Å². The van der Waals surface area contributed by atoms with Crippen molar-refractivity contribution in [3.05, 3.63) is 47.7 Å². The molecule has 32 heavy (non-hydrogen) atoms. The molecule has 0 spiro atoms. The smallest absolute Gasteiger partial charge is 0.255 e. The van der Waals surface area contributed by atoms with Gasteiger partial charge in [-0.15, -0.1) is 0 Å². The van der Waals surface area contributed by atoms with Gasteiger partial charge in [0.2, 0.25) is 0 Å². The molecule has 6 nitrogen and oxygen atoms in total. The Bertz CT molecular complexity index is 1080. The van der Waals surface area contributed by atoms with Crippen LogP contribution in [0.25, 0.3) is 11.1 Å². The number of aromatic nitrogens is 1. The molecule has 6 heteroatoms. The Morgan fingerprint density at radius 1 is 1.25 bits per heavy atom. The van der Waals surface area contributed by atoms with Gasteiger partial charge in [0.05, 0.1) is 5.56 Å². The van der Waals surface area contributed by atoms with E-state index in [1.807, 2.05) is 6.07 Å². The molecule has 5 aliphatic rings. The average molecular weight is 433 g/mol. The highest BCUT2D eigenvalue weighted by Gasteiger charge is 2.68. The highest BCUT2D eigenvalue weighted by atomic mass is 16.3. The number of carbonyl (C=O) groups is 1. The number of pyridine rings is 1. The average Bonchev–Trinajstić information content (AvgIpc) is 3.30. The Morgan fingerprint density at radius 3 is 2.59 bits per heavy atom. The van der Waals surface area contributed by atoms with Crippen LogP contribution in [0, 0.1) is 11.3 Å². The number of carbonyl (C=O) groups excluding carboxylic acids is 1. The number of hydrogen-bond donors (Lipinski definition) is 3. The van der Waals surface area contributed by atoms with Crippen LogP contribution in [0.1, 0.15) is 55.5 Å². The molecule has 4 saturated carbocycles. The van der Waals surface area contributed by atoms with Crippen LogP contribution in [0.5, 0.6) is 0 Å². The predicted molar refractivity (Wildman–Crippen MR) is 124 cm³/mol. The number of nitrogen functional groups attached to an aromatic ring is 1. The van der Waals surface area contributed by atoms with Crippen LogP contribution in [-0.4, -0.2) is 52.2 Å². The van der Waals surface area contributed by atoms with Crippen LogP contribution >= 0.6 is 0 Å². The molecule has 5 fully saturated rings. The quantitative estimate of drug-likeness (QED) is 0.653. The van der Waals surface area contributed by atoms with Gasteiger partial charge in [0.25, 0.3) is 5.91 Å². The summed E-state index contributed by atoms with van der Waals surface area (Å²) >= 11 is 0. The number of aliphatic hydroxyl groups excluding tert-OH is 1. The second-order valence-corrected chi connectivity index (χ2v) is 11.2. The molecule has 1 saturated heterocycles. The number of benzene rings is 1. The lowest BCUT2D eigenvalue weighted by Crippen LogP contribution is -2.75. The Balaban J connectivity index is 1.19. The maximum absolute atomic E-state index is 12.9. The molecule has 2 heterocycles. The Hall–Kier alpha value is -2.44. The number of rotatable bonds is 6. The fraction of sp³-hybridized carbons (Fsp3) is 0.538. The molecule has 7 rings (SSSR count). The Labute approximate surface area is 189 Å². The lowest BCUT2D eigenvalue weighted by atomic mass is 9.39. The first kappa shape index (κ1) is 20.2. The maximum Gasteiger partial charge on any atom is 0.255 e. The van der Waals surface area contributed by atoms with Crippen molar-refractivity contribution in [2.45, 2.75) is 56.5 Å². The van der Waals surface area contributed by atoms with Gasteiger partial charge in [-0.2, -0.15) is 0 Å². The molecule has 1 aromatic carbocycles. The van der Waals surface area contributed by atoms with E-state index in [0.29, 0.717) is 17.0 Å². The van der Waals surface area contributed by atoms with Gasteiger partial charge in [-0.05, 0) is 62.6 Å². The Kier molecular flexibility index (Phi) is 4.13. The number of fused-ring (bicyclic) bond motifs is 1. The van der Waals surface area contributed by atoms with Crippen LogP contribution in [0.15, 0.2) is 36.5 Å². The number of piperidine rings is 1. The predicted octanol–water partition coefficient (Wildman–Crippen LogP) is 2.96. The topological polar surface area (TPSA) is 91.5 Å². The number of hydrogen-bond acceptors (Lipinski definition) is 5. The fourth-order valence-electron chi connectivity index (χ4n) is 6.78. The van der Waals surface area contributed by atoms with E-state index in [-0.39, 0.29) is 29.3 Å². The van der Waals surface area contributed by atoms with Crippen molar-refractivity contribution in [1.82, 2.24) is 15.2 Å². The van der Waals surface area contributed by atoms with Gasteiger partial charge in [-0.1, -0.05) is 24.3 Å². The van der Waals surface area contributed by atoms with Gasteiger partial charge in [0.15, 0.2) is 0 Å². The van der Waals surface area contributed by atoms with Gasteiger partial charge in [0.1, 0.15) is 5.82 Å². The van der Waals surface area contributed by atoms with Crippen molar-refractivity contribution in [2.75, 3.05) is 25.4 Å². The number of amides is 1. The summed E-state index contributed by atoms with van der Waals surface area (Å²) in [5.74, 6) is 0.871. The van der Waals surface area contributed by atoms with Crippen LogP contribution in [0.2, 0.25) is 0 Å². The normalized spacial score (nSPS) is 34.6. The summed E-state index contributed by atoms with van der Waals surface area (Å²) in [6.07, 6.45) is 5.61. The van der Waals surface area contributed by atoms with Crippen molar-refractivity contribution in [3.8, 4) is 11.1 Å². The molecule has 1 aromatic heterocycles. The molecule has 2 bridgehead atoms. The summed E-state index contributed by atoms with van der Waals surface area (Å²) in [5.41, 5.74) is 10.1. The monoisotopic (exact) mass is 432 g/mol. The first-order chi connectivity index (χ1) is 15.3. The summed E-state index contributed by atoms with van der Waals surface area (Å²) in [7, 11) is 0. The number of likely N-dealkylation sites (tertiary alicyclic amines) is 1. The van der Waals surface area contributed by atoms with E-state index in [1.165, 1.54) is 18.5 Å².